The van der Waals surface area contributed by atoms with Crippen molar-refractivity contribution in [3.05, 3.63) is 92.4 Å². The minimum Gasteiger partial charge on any atom is -0.481 e. The number of benzene rings is 2. The zero-order chi connectivity index (χ0) is 32.9. The molecule has 1 heterocycles. The Balaban J connectivity index is 1.88. The second kappa shape index (κ2) is 13.8. The van der Waals surface area contributed by atoms with Crippen LogP contribution in [0.15, 0.2) is 41.2 Å². The van der Waals surface area contributed by atoms with E-state index in [1.54, 1.807) is 19.9 Å². The minimum atomic E-state index is -1.90. The maximum atomic E-state index is 14.0. The molecule has 13 heteroatoms. The van der Waals surface area contributed by atoms with Gasteiger partial charge >= 0.3 is 5.97 Å². The molecule has 1 amide bonds. The predicted molar refractivity (Wildman–Crippen MR) is 151 cm³/mol. The van der Waals surface area contributed by atoms with Gasteiger partial charge in [0.2, 0.25) is 17.5 Å². The summed E-state index contributed by atoms with van der Waals surface area (Å²) < 4.78 is 60.5. The van der Waals surface area contributed by atoms with Crippen LogP contribution in [0.3, 0.4) is 0 Å². The van der Waals surface area contributed by atoms with Gasteiger partial charge in [-0.3, -0.25) is 19.2 Å². The number of rotatable bonds is 12. The molecular weight excluding hydrogens is 586 g/mol. The molecule has 2 aromatic carbocycles. The Bertz CT molecular complexity index is 1610. The molecule has 0 aliphatic heterocycles. The van der Waals surface area contributed by atoms with E-state index in [9.17, 15) is 41.8 Å². The first kappa shape index (κ1) is 33.9. The number of carboxylic acid groups (broad SMARTS) is 1. The maximum Gasteiger partial charge on any atom is 0.305 e. The number of hydrogen-bond acceptors (Lipinski definition) is 6. The van der Waals surface area contributed by atoms with Gasteiger partial charge in [-0.15, -0.1) is 0 Å². The fourth-order valence-electron chi connectivity index (χ4n) is 4.73. The van der Waals surface area contributed by atoms with E-state index >= 15 is 0 Å². The lowest BCUT2D eigenvalue weighted by atomic mass is 9.82. The highest BCUT2D eigenvalue weighted by Gasteiger charge is 2.31. The lowest BCUT2D eigenvalue weighted by Crippen LogP contribution is -2.48. The van der Waals surface area contributed by atoms with E-state index < -0.39 is 77.3 Å². The molecule has 0 saturated heterocycles. The fourth-order valence-corrected chi connectivity index (χ4v) is 4.73. The van der Waals surface area contributed by atoms with Crippen molar-refractivity contribution in [2.45, 2.75) is 71.4 Å². The average molecular weight is 620 g/mol. The highest BCUT2D eigenvalue weighted by molar-refractivity contribution is 5.93. The number of aliphatic carboxylic acids is 1. The Morgan fingerprint density at radius 1 is 1.02 bits per heavy atom. The number of carboxylic acids is 1. The van der Waals surface area contributed by atoms with Gasteiger partial charge in [0.1, 0.15) is 18.7 Å². The van der Waals surface area contributed by atoms with Crippen LogP contribution in [0, 0.1) is 30.2 Å². The number of ether oxygens (including phenoxy) is 1. The number of carbonyl (C=O) groups excluding carboxylic acids is 2. The third kappa shape index (κ3) is 7.88. The quantitative estimate of drug-likeness (QED) is 0.225. The molecule has 0 radical (unpaired) electrons. The number of nitrogens with one attached hydrogen (secondary N) is 1. The molecule has 3 rings (SSSR count). The maximum absolute atomic E-state index is 14.0. The topological polar surface area (TPSA) is 128 Å². The van der Waals surface area contributed by atoms with Crippen molar-refractivity contribution < 1.29 is 41.8 Å². The molecule has 0 bridgehead atoms. The van der Waals surface area contributed by atoms with Crippen LogP contribution in [0.1, 0.15) is 69.0 Å². The van der Waals surface area contributed by atoms with Crippen LogP contribution in [-0.4, -0.2) is 45.2 Å². The molecule has 236 valence electrons. The van der Waals surface area contributed by atoms with Gasteiger partial charge in [0.15, 0.2) is 23.2 Å². The molecule has 44 heavy (non-hydrogen) atoms. The SMILES string of the molecule is CC[C@@H](C(=O)NC(CC(=O)O)C(=O)COc1c(F)c(F)cc(F)c1F)n1nc(C)cc(Cc2ccccc2C(C)(C)C)c1=O. The summed E-state index contributed by atoms with van der Waals surface area (Å²) in [4.78, 5) is 51.2. The second-order valence-electron chi connectivity index (χ2n) is 11.3. The van der Waals surface area contributed by atoms with Crippen molar-refractivity contribution in [1.29, 1.82) is 0 Å². The van der Waals surface area contributed by atoms with Crippen LogP contribution < -0.4 is 15.6 Å². The summed E-state index contributed by atoms with van der Waals surface area (Å²) in [6.07, 6.45) is -0.694. The van der Waals surface area contributed by atoms with E-state index in [-0.39, 0.29) is 24.3 Å². The third-order valence-electron chi connectivity index (χ3n) is 6.84. The number of carbonyl (C=O) groups is 3. The molecule has 9 nitrogen and oxygen atoms in total. The van der Waals surface area contributed by atoms with E-state index in [1.165, 1.54) is 0 Å². The first-order valence-electron chi connectivity index (χ1n) is 13.7. The van der Waals surface area contributed by atoms with Crippen LogP contribution in [-0.2, 0) is 26.2 Å². The molecule has 0 fully saturated rings. The Morgan fingerprint density at radius 3 is 2.20 bits per heavy atom. The lowest BCUT2D eigenvalue weighted by Gasteiger charge is -2.24. The Morgan fingerprint density at radius 2 is 1.64 bits per heavy atom. The highest BCUT2D eigenvalue weighted by Crippen LogP contribution is 2.28. The van der Waals surface area contributed by atoms with Gasteiger partial charge in [-0.2, -0.15) is 13.9 Å². The van der Waals surface area contributed by atoms with Crippen LogP contribution >= 0.6 is 0 Å². The zero-order valence-corrected chi connectivity index (χ0v) is 24.8. The summed E-state index contributed by atoms with van der Waals surface area (Å²) in [6, 6.07) is 6.16. The summed E-state index contributed by atoms with van der Waals surface area (Å²) in [6.45, 7) is 8.12. The number of aromatic nitrogens is 2. The lowest BCUT2D eigenvalue weighted by molar-refractivity contribution is -0.140. The van der Waals surface area contributed by atoms with Gasteiger partial charge in [0, 0.05) is 18.1 Å². The molecule has 0 saturated carbocycles. The van der Waals surface area contributed by atoms with Crippen molar-refractivity contribution in [3.63, 3.8) is 0 Å². The number of amides is 1. The van der Waals surface area contributed by atoms with Gasteiger partial charge < -0.3 is 15.2 Å². The molecule has 0 spiro atoms. The summed E-state index contributed by atoms with van der Waals surface area (Å²) in [5.41, 5.74) is 1.95. The highest BCUT2D eigenvalue weighted by atomic mass is 19.2. The van der Waals surface area contributed by atoms with Crippen molar-refractivity contribution in [3.8, 4) is 5.75 Å². The Labute approximate surface area is 250 Å². The van der Waals surface area contributed by atoms with Gasteiger partial charge in [-0.05, 0) is 36.0 Å². The Hall–Kier alpha value is -4.55. The molecule has 2 atom stereocenters. The van der Waals surface area contributed by atoms with E-state index in [4.69, 9.17) is 0 Å². The summed E-state index contributed by atoms with van der Waals surface area (Å²) in [5, 5.41) is 15.8. The van der Waals surface area contributed by atoms with Crippen LogP contribution in [0.2, 0.25) is 0 Å². The monoisotopic (exact) mass is 619 g/mol. The largest absolute Gasteiger partial charge is 0.481 e. The molecule has 2 N–H and O–H groups in total. The number of nitrogens with zero attached hydrogens (tertiary/aromatic N) is 2. The molecule has 0 aliphatic rings. The number of halogens is 4. The van der Waals surface area contributed by atoms with E-state index in [0.29, 0.717) is 11.3 Å². The Kier molecular flexibility index (Phi) is 10.7. The molecule has 3 aromatic rings. The van der Waals surface area contributed by atoms with E-state index in [2.05, 4.69) is 15.2 Å². The summed E-state index contributed by atoms with van der Waals surface area (Å²) in [5.74, 6) is -12.5. The van der Waals surface area contributed by atoms with Crippen LogP contribution in [0.25, 0.3) is 0 Å². The number of Topliss-reactive ketones (excluding diaryl/α,β-unsaturated/α-hetero) is 1. The van der Waals surface area contributed by atoms with Gasteiger partial charge in [0.05, 0.1) is 12.1 Å². The molecule has 1 aromatic heterocycles. The van der Waals surface area contributed by atoms with Crippen LogP contribution in [0.5, 0.6) is 5.75 Å². The van der Waals surface area contributed by atoms with E-state index in [1.807, 2.05) is 45.0 Å². The first-order chi connectivity index (χ1) is 20.5. The molecule has 1 unspecified atom stereocenters. The van der Waals surface area contributed by atoms with Gasteiger partial charge in [-0.25, -0.2) is 13.5 Å². The van der Waals surface area contributed by atoms with Crippen molar-refractivity contribution >= 4 is 17.7 Å². The molecule has 0 aliphatic carbocycles. The smallest absolute Gasteiger partial charge is 0.305 e. The van der Waals surface area contributed by atoms with Crippen molar-refractivity contribution in [2.24, 2.45) is 0 Å². The fraction of sp³-hybridized carbons (Fsp3) is 0.387. The zero-order valence-electron chi connectivity index (χ0n) is 24.8. The standard InChI is InChI=1S/C31H33F4N3O6/c1-6-23(38-30(43)18(11-16(2)37-38)12-17-9-7-8-10-19(17)31(3,4)5)29(42)36-22(14-25(40)41)24(39)15-44-28-26(34)20(32)13-21(33)27(28)35/h7-11,13,22-23H,6,12,14-15H2,1-5H3,(H,36,42)(H,40,41)/t22?,23-/m0/s1. The normalized spacial score (nSPS) is 12.8. The minimum absolute atomic E-state index is 0.0175. The number of aryl methyl sites for hydroxylation is 1. The average Bonchev–Trinajstić information content (AvgIpc) is 2.93. The summed E-state index contributed by atoms with van der Waals surface area (Å²) in [7, 11) is 0. The van der Waals surface area contributed by atoms with Gasteiger partial charge in [0.25, 0.3) is 5.56 Å². The summed E-state index contributed by atoms with van der Waals surface area (Å²) >= 11 is 0. The predicted octanol–water partition coefficient (Wildman–Crippen LogP) is 4.56. The third-order valence-corrected chi connectivity index (χ3v) is 6.84. The van der Waals surface area contributed by atoms with Gasteiger partial charge in [-0.1, -0.05) is 52.0 Å². The first-order valence-corrected chi connectivity index (χ1v) is 13.7. The number of hydrogen-bond donors (Lipinski definition) is 2. The van der Waals surface area contributed by atoms with Crippen molar-refractivity contribution in [2.75, 3.05) is 6.61 Å². The molecular formula is C31H33F4N3O6. The van der Waals surface area contributed by atoms with E-state index in [0.717, 1.165) is 15.8 Å². The van der Waals surface area contributed by atoms with Crippen molar-refractivity contribution in [1.82, 2.24) is 15.1 Å². The number of ketones is 1. The second-order valence-corrected chi connectivity index (χ2v) is 11.3. The van der Waals surface area contributed by atoms with Crippen LogP contribution in [0.4, 0.5) is 17.6 Å².